The highest BCUT2D eigenvalue weighted by Crippen LogP contribution is 2.34. The Bertz CT molecular complexity index is 1400. The van der Waals surface area contributed by atoms with E-state index in [0.717, 1.165) is 27.0 Å². The zero-order valence-electron chi connectivity index (χ0n) is 20.7. The number of aromatic nitrogens is 1. The van der Waals surface area contributed by atoms with Gasteiger partial charge in [0, 0.05) is 38.8 Å². The SMILES string of the molecule is CC(C)(C)OC(=O)CN(Sc1cc(Cl)cc(Cl)c1)c1ccc2c(ccn2C(=O)NCc2ccccc2)c1. The number of esters is 1. The van der Waals surface area contributed by atoms with E-state index in [4.69, 9.17) is 27.9 Å². The number of nitrogens with zero attached hydrogens (tertiary/aromatic N) is 2. The second-order valence-electron chi connectivity index (χ2n) is 9.39. The van der Waals surface area contributed by atoms with E-state index in [2.05, 4.69) is 5.32 Å². The van der Waals surface area contributed by atoms with E-state index < -0.39 is 5.60 Å². The van der Waals surface area contributed by atoms with Crippen LogP contribution in [0.3, 0.4) is 0 Å². The molecule has 1 heterocycles. The Labute approximate surface area is 230 Å². The third-order valence-corrected chi connectivity index (χ3v) is 6.65. The number of anilines is 1. The van der Waals surface area contributed by atoms with E-state index in [1.807, 2.05) is 79.7 Å². The average molecular weight is 557 g/mol. The summed E-state index contributed by atoms with van der Waals surface area (Å²) in [6, 6.07) is 22.3. The van der Waals surface area contributed by atoms with Gasteiger partial charge in [0.15, 0.2) is 0 Å². The van der Waals surface area contributed by atoms with Crippen LogP contribution >= 0.6 is 35.1 Å². The van der Waals surface area contributed by atoms with Gasteiger partial charge in [-0.15, -0.1) is 0 Å². The van der Waals surface area contributed by atoms with Crippen LogP contribution in [-0.4, -0.2) is 28.7 Å². The largest absolute Gasteiger partial charge is 0.459 e. The van der Waals surface area contributed by atoms with Crippen molar-refractivity contribution in [3.05, 3.63) is 94.6 Å². The highest BCUT2D eigenvalue weighted by atomic mass is 35.5. The topological polar surface area (TPSA) is 63.6 Å². The van der Waals surface area contributed by atoms with Gasteiger partial charge in [0.1, 0.15) is 12.1 Å². The minimum atomic E-state index is -0.610. The third-order valence-electron chi connectivity index (χ3n) is 5.21. The smallest absolute Gasteiger partial charge is 0.327 e. The number of amides is 1. The van der Waals surface area contributed by atoms with Gasteiger partial charge >= 0.3 is 12.0 Å². The fourth-order valence-electron chi connectivity index (χ4n) is 3.70. The van der Waals surface area contributed by atoms with Crippen LogP contribution in [0.2, 0.25) is 10.0 Å². The molecule has 0 unspecified atom stereocenters. The zero-order chi connectivity index (χ0) is 26.6. The minimum Gasteiger partial charge on any atom is -0.459 e. The summed E-state index contributed by atoms with van der Waals surface area (Å²) in [5.74, 6) is -0.369. The van der Waals surface area contributed by atoms with Crippen molar-refractivity contribution in [1.82, 2.24) is 9.88 Å². The second kappa shape index (κ2) is 11.5. The van der Waals surface area contributed by atoms with E-state index in [-0.39, 0.29) is 18.5 Å². The standard InChI is InChI=1S/C28H27Cl2N3O3S/c1-28(2,3)36-26(34)18-33(37-24-15-21(29)14-22(30)16-24)23-9-10-25-20(13-23)11-12-32(25)27(35)31-17-19-7-5-4-6-8-19/h4-16H,17-18H2,1-3H3,(H,31,35). The van der Waals surface area contributed by atoms with Crippen molar-refractivity contribution in [3.63, 3.8) is 0 Å². The number of benzene rings is 3. The maximum Gasteiger partial charge on any atom is 0.327 e. The quantitative estimate of drug-likeness (QED) is 0.188. The molecule has 0 saturated carbocycles. The lowest BCUT2D eigenvalue weighted by atomic mass is 10.2. The van der Waals surface area contributed by atoms with Gasteiger partial charge in [-0.3, -0.25) is 9.36 Å². The molecule has 0 radical (unpaired) electrons. The Morgan fingerprint density at radius 2 is 1.68 bits per heavy atom. The van der Waals surface area contributed by atoms with Crippen LogP contribution in [0.5, 0.6) is 0 Å². The summed E-state index contributed by atoms with van der Waals surface area (Å²) in [5, 5.41) is 4.80. The van der Waals surface area contributed by atoms with Crippen LogP contribution in [0.1, 0.15) is 26.3 Å². The molecule has 9 heteroatoms. The Kier molecular flexibility index (Phi) is 8.37. The van der Waals surface area contributed by atoms with Crippen molar-refractivity contribution in [2.45, 2.75) is 37.8 Å². The summed E-state index contributed by atoms with van der Waals surface area (Å²) in [7, 11) is 0. The van der Waals surface area contributed by atoms with Crippen LogP contribution in [0.4, 0.5) is 10.5 Å². The van der Waals surface area contributed by atoms with Crippen molar-refractivity contribution >= 4 is 63.7 Å². The van der Waals surface area contributed by atoms with Crippen LogP contribution < -0.4 is 9.62 Å². The van der Waals surface area contributed by atoms with Gasteiger partial charge in [0.05, 0.1) is 5.52 Å². The lowest BCUT2D eigenvalue weighted by Gasteiger charge is -2.26. The van der Waals surface area contributed by atoms with Gasteiger partial charge < -0.3 is 14.4 Å². The van der Waals surface area contributed by atoms with Gasteiger partial charge in [-0.2, -0.15) is 0 Å². The molecule has 4 rings (SSSR count). The van der Waals surface area contributed by atoms with E-state index in [0.29, 0.717) is 16.6 Å². The van der Waals surface area contributed by atoms with Crippen LogP contribution in [0.25, 0.3) is 10.9 Å². The summed E-state index contributed by atoms with van der Waals surface area (Å²) >= 11 is 13.7. The van der Waals surface area contributed by atoms with E-state index >= 15 is 0 Å². The molecular formula is C28H27Cl2N3O3S. The molecule has 3 aromatic carbocycles. The number of nitrogens with one attached hydrogen (secondary N) is 1. The fourth-order valence-corrected chi connectivity index (χ4v) is 5.35. The summed E-state index contributed by atoms with van der Waals surface area (Å²) in [6.45, 7) is 5.92. The van der Waals surface area contributed by atoms with E-state index in [1.165, 1.54) is 11.9 Å². The minimum absolute atomic E-state index is 0.00412. The number of halogens is 2. The Morgan fingerprint density at radius 3 is 2.35 bits per heavy atom. The zero-order valence-corrected chi connectivity index (χ0v) is 23.0. The predicted octanol–water partition coefficient (Wildman–Crippen LogP) is 7.56. The molecule has 0 saturated heterocycles. The number of carbonyl (C=O) groups is 2. The molecule has 0 fully saturated rings. The van der Waals surface area contributed by atoms with Crippen molar-refractivity contribution in [2.24, 2.45) is 0 Å². The Balaban J connectivity index is 1.58. The Hall–Kier alpha value is -3.13. The van der Waals surface area contributed by atoms with Gasteiger partial charge in [-0.25, -0.2) is 4.79 Å². The van der Waals surface area contributed by atoms with Crippen molar-refractivity contribution < 1.29 is 14.3 Å². The van der Waals surface area contributed by atoms with Gasteiger partial charge in [0.25, 0.3) is 0 Å². The lowest BCUT2D eigenvalue weighted by molar-refractivity contribution is -0.152. The highest BCUT2D eigenvalue weighted by molar-refractivity contribution is 8.00. The van der Waals surface area contributed by atoms with Gasteiger partial charge in [0.2, 0.25) is 0 Å². The number of rotatable bonds is 7. The monoisotopic (exact) mass is 555 g/mol. The first-order chi connectivity index (χ1) is 17.6. The molecular weight excluding hydrogens is 529 g/mol. The van der Waals surface area contributed by atoms with Crippen molar-refractivity contribution in [2.75, 3.05) is 10.8 Å². The summed E-state index contributed by atoms with van der Waals surface area (Å²) in [4.78, 5) is 26.3. The van der Waals surface area contributed by atoms with Gasteiger partial charge in [-0.1, -0.05) is 53.5 Å². The number of ether oxygens (including phenoxy) is 1. The average Bonchev–Trinajstić information content (AvgIpc) is 3.24. The molecule has 0 aliphatic carbocycles. The molecule has 0 bridgehead atoms. The van der Waals surface area contributed by atoms with Crippen molar-refractivity contribution in [3.8, 4) is 0 Å². The maximum absolute atomic E-state index is 12.8. The maximum atomic E-state index is 12.8. The fraction of sp³-hybridized carbons (Fsp3) is 0.214. The van der Waals surface area contributed by atoms with Crippen LogP contribution in [0.15, 0.2) is 83.9 Å². The number of carbonyl (C=O) groups excluding carboxylic acids is 2. The van der Waals surface area contributed by atoms with Gasteiger partial charge in [-0.05, 0) is 80.7 Å². The molecule has 0 spiro atoms. The first kappa shape index (κ1) is 26.9. The number of fused-ring (bicyclic) bond motifs is 1. The van der Waals surface area contributed by atoms with Crippen LogP contribution in [-0.2, 0) is 16.1 Å². The summed E-state index contributed by atoms with van der Waals surface area (Å²) in [6.07, 6.45) is 1.73. The molecule has 0 atom stereocenters. The molecule has 192 valence electrons. The normalized spacial score (nSPS) is 11.4. The third kappa shape index (κ3) is 7.44. The molecule has 0 aliphatic rings. The molecule has 1 amide bonds. The number of hydrogen-bond acceptors (Lipinski definition) is 5. The summed E-state index contributed by atoms with van der Waals surface area (Å²) in [5.41, 5.74) is 1.93. The highest BCUT2D eigenvalue weighted by Gasteiger charge is 2.21. The molecule has 4 aromatic rings. The predicted molar refractivity (Wildman–Crippen MR) is 152 cm³/mol. The molecule has 6 nitrogen and oxygen atoms in total. The van der Waals surface area contributed by atoms with E-state index in [1.54, 1.807) is 29.0 Å². The number of hydrogen-bond donors (Lipinski definition) is 1. The van der Waals surface area contributed by atoms with E-state index in [9.17, 15) is 9.59 Å². The lowest BCUT2D eigenvalue weighted by Crippen LogP contribution is -2.31. The summed E-state index contributed by atoms with van der Waals surface area (Å²) < 4.78 is 8.95. The Morgan fingerprint density at radius 1 is 0.973 bits per heavy atom. The van der Waals surface area contributed by atoms with Crippen LogP contribution in [0, 0.1) is 0 Å². The molecule has 37 heavy (non-hydrogen) atoms. The molecule has 0 aliphatic heterocycles. The first-order valence-electron chi connectivity index (χ1n) is 11.6. The van der Waals surface area contributed by atoms with Crippen molar-refractivity contribution in [1.29, 1.82) is 0 Å². The first-order valence-corrected chi connectivity index (χ1v) is 13.2. The molecule has 1 N–H and O–H groups in total. The second-order valence-corrected chi connectivity index (χ2v) is 11.4. The molecule has 1 aromatic heterocycles.